The summed E-state index contributed by atoms with van der Waals surface area (Å²) in [5.41, 5.74) is 1.09. The van der Waals surface area contributed by atoms with Crippen LogP contribution in [0.5, 0.6) is 0 Å². The summed E-state index contributed by atoms with van der Waals surface area (Å²) in [5.74, 6) is -2.65. The van der Waals surface area contributed by atoms with Crippen LogP contribution in [-0.4, -0.2) is 60.0 Å². The lowest BCUT2D eigenvalue weighted by molar-refractivity contribution is -0.254. The monoisotopic (exact) mass is 438 g/mol. The molecule has 31 heavy (non-hydrogen) atoms. The van der Waals surface area contributed by atoms with Crippen molar-refractivity contribution < 1.29 is 48.0 Å². The molecule has 1 N–H and O–H groups in total. The number of aliphatic hydroxyl groups excluding tert-OH is 1. The van der Waals surface area contributed by atoms with Gasteiger partial charge in [-0.05, 0) is 11.1 Å². The predicted octanol–water partition coefficient (Wildman–Crippen LogP) is 0.977. The summed E-state index contributed by atoms with van der Waals surface area (Å²) < 4.78 is 27.3. The Morgan fingerprint density at radius 1 is 0.871 bits per heavy atom. The van der Waals surface area contributed by atoms with E-state index in [9.17, 15) is 24.3 Å². The molecular formula is C21H26O10. The van der Waals surface area contributed by atoms with Crippen molar-refractivity contribution >= 4 is 23.9 Å². The molecule has 10 nitrogen and oxygen atoms in total. The molecule has 2 rings (SSSR count). The summed E-state index contributed by atoms with van der Waals surface area (Å²) in [4.78, 5) is 46.7. The summed E-state index contributed by atoms with van der Waals surface area (Å²) in [6, 6.07) is 6.69. The molecule has 170 valence electrons. The van der Waals surface area contributed by atoms with Gasteiger partial charge in [-0.1, -0.05) is 24.3 Å². The van der Waals surface area contributed by atoms with Crippen LogP contribution in [-0.2, 0) is 49.5 Å². The van der Waals surface area contributed by atoms with E-state index in [1.165, 1.54) is 13.8 Å². The highest BCUT2D eigenvalue weighted by atomic mass is 16.7. The van der Waals surface area contributed by atoms with Gasteiger partial charge >= 0.3 is 23.9 Å². The van der Waals surface area contributed by atoms with E-state index in [4.69, 9.17) is 23.7 Å². The van der Waals surface area contributed by atoms with Crippen molar-refractivity contribution in [3.8, 4) is 0 Å². The van der Waals surface area contributed by atoms with Gasteiger partial charge in [0.2, 0.25) is 0 Å². The summed E-state index contributed by atoms with van der Waals surface area (Å²) in [6.07, 6.45) is -5.60. The molecule has 0 aliphatic carbocycles. The first-order valence-corrected chi connectivity index (χ1v) is 9.62. The van der Waals surface area contributed by atoms with E-state index in [0.29, 0.717) is 11.1 Å². The van der Waals surface area contributed by atoms with Crippen molar-refractivity contribution in [1.82, 2.24) is 0 Å². The van der Waals surface area contributed by atoms with Crippen LogP contribution in [0.25, 0.3) is 0 Å². The molecule has 0 saturated carbocycles. The minimum Gasteiger partial charge on any atom is -0.463 e. The summed E-state index contributed by atoms with van der Waals surface area (Å²) in [7, 11) is 0. The lowest BCUT2D eigenvalue weighted by Gasteiger charge is -2.44. The van der Waals surface area contributed by atoms with E-state index >= 15 is 0 Å². The number of hydrogen-bond acceptors (Lipinski definition) is 10. The topological polar surface area (TPSA) is 135 Å². The lowest BCUT2D eigenvalue weighted by atomic mass is 9.90. The highest BCUT2D eigenvalue weighted by molar-refractivity contribution is 5.68. The van der Waals surface area contributed by atoms with Gasteiger partial charge in [0.05, 0.1) is 6.61 Å². The zero-order valence-corrected chi connectivity index (χ0v) is 17.7. The maximum absolute atomic E-state index is 11.8. The fraction of sp³-hybridized carbons (Fsp3) is 0.524. The Kier molecular flexibility index (Phi) is 8.52. The van der Waals surface area contributed by atoms with Crippen molar-refractivity contribution in [2.75, 3.05) is 6.61 Å². The van der Waals surface area contributed by atoms with E-state index in [1.54, 1.807) is 24.3 Å². The largest absolute Gasteiger partial charge is 0.463 e. The lowest BCUT2D eigenvalue weighted by Crippen LogP contribution is -2.59. The molecule has 1 saturated heterocycles. The molecule has 0 spiro atoms. The van der Waals surface area contributed by atoms with Crippen LogP contribution in [0.3, 0.4) is 0 Å². The van der Waals surface area contributed by atoms with Crippen molar-refractivity contribution in [2.45, 2.75) is 64.8 Å². The van der Waals surface area contributed by atoms with Gasteiger partial charge in [-0.25, -0.2) is 0 Å². The first kappa shape index (κ1) is 24.3. The highest BCUT2D eigenvalue weighted by Gasteiger charge is 2.52. The average Bonchev–Trinajstić information content (AvgIpc) is 2.68. The van der Waals surface area contributed by atoms with E-state index in [2.05, 4.69) is 0 Å². The number of esters is 4. The number of hydrogen-bond donors (Lipinski definition) is 1. The number of ether oxygens (including phenoxy) is 5. The molecule has 3 unspecified atom stereocenters. The van der Waals surface area contributed by atoms with Gasteiger partial charge in [0.15, 0.2) is 18.3 Å². The number of carbonyl (C=O) groups is 4. The first-order chi connectivity index (χ1) is 14.6. The van der Waals surface area contributed by atoms with Gasteiger partial charge < -0.3 is 28.8 Å². The van der Waals surface area contributed by atoms with E-state index in [0.717, 1.165) is 13.8 Å². The molecule has 10 heteroatoms. The highest BCUT2D eigenvalue weighted by Crippen LogP contribution is 2.37. The van der Waals surface area contributed by atoms with E-state index in [-0.39, 0.29) is 13.2 Å². The Morgan fingerprint density at radius 3 is 2.00 bits per heavy atom. The molecule has 0 bridgehead atoms. The van der Waals surface area contributed by atoms with Crippen molar-refractivity contribution in [2.24, 2.45) is 0 Å². The molecule has 1 aliphatic heterocycles. The van der Waals surface area contributed by atoms with Gasteiger partial charge in [0.1, 0.15) is 18.8 Å². The molecule has 1 aromatic rings. The molecule has 0 amide bonds. The van der Waals surface area contributed by atoms with E-state index < -0.39 is 54.4 Å². The Labute approximate surface area is 179 Å². The second-order valence-corrected chi connectivity index (χ2v) is 7.02. The van der Waals surface area contributed by atoms with Gasteiger partial charge in [0, 0.05) is 27.7 Å². The second-order valence-electron chi connectivity index (χ2n) is 7.02. The number of benzene rings is 1. The Hall–Kier alpha value is -2.98. The van der Waals surface area contributed by atoms with Gasteiger partial charge in [-0.3, -0.25) is 19.2 Å². The van der Waals surface area contributed by atoms with Crippen molar-refractivity contribution in [3.05, 3.63) is 35.4 Å². The maximum atomic E-state index is 11.8. The standard InChI is InChI=1S/C21H26O10/c1-11(23)27-10-17-19(28-12(2)24)21(30-14(4)26)20(29-13(3)25)18(31-17)16-7-5-6-15(8-16)9-22/h5-8,17-22H,9-10H2,1-4H3/t17?,18?,19-,20+,21?/m1/s1. The van der Waals surface area contributed by atoms with Crippen LogP contribution < -0.4 is 0 Å². The quantitative estimate of drug-likeness (QED) is 0.485. The maximum Gasteiger partial charge on any atom is 0.303 e. The molecule has 1 aromatic carbocycles. The minimum atomic E-state index is -1.23. The van der Waals surface area contributed by atoms with Crippen LogP contribution >= 0.6 is 0 Å². The van der Waals surface area contributed by atoms with Crippen LogP contribution in [0.15, 0.2) is 24.3 Å². The number of rotatable bonds is 7. The van der Waals surface area contributed by atoms with Crippen LogP contribution in [0, 0.1) is 0 Å². The smallest absolute Gasteiger partial charge is 0.303 e. The minimum absolute atomic E-state index is 0.237. The molecule has 1 heterocycles. The fourth-order valence-electron chi connectivity index (χ4n) is 3.37. The third-order valence-corrected chi connectivity index (χ3v) is 4.45. The van der Waals surface area contributed by atoms with Gasteiger partial charge in [0.25, 0.3) is 0 Å². The van der Waals surface area contributed by atoms with Crippen LogP contribution in [0.4, 0.5) is 0 Å². The van der Waals surface area contributed by atoms with Crippen molar-refractivity contribution in [3.63, 3.8) is 0 Å². The second kappa shape index (κ2) is 10.9. The summed E-state index contributed by atoms with van der Waals surface area (Å²) >= 11 is 0. The number of carbonyl (C=O) groups excluding carboxylic acids is 4. The Morgan fingerprint density at radius 2 is 1.45 bits per heavy atom. The number of aliphatic hydroxyl groups is 1. The molecule has 0 radical (unpaired) electrons. The molecular weight excluding hydrogens is 412 g/mol. The third-order valence-electron chi connectivity index (χ3n) is 4.45. The predicted molar refractivity (Wildman–Crippen MR) is 103 cm³/mol. The zero-order chi connectivity index (χ0) is 23.1. The summed E-state index contributed by atoms with van der Waals surface area (Å²) in [5, 5.41) is 9.47. The van der Waals surface area contributed by atoms with E-state index in [1.807, 2.05) is 0 Å². The zero-order valence-electron chi connectivity index (χ0n) is 17.7. The van der Waals surface area contributed by atoms with Crippen molar-refractivity contribution in [1.29, 1.82) is 0 Å². The Bertz CT molecular complexity index is 820. The van der Waals surface area contributed by atoms with Crippen LogP contribution in [0.2, 0.25) is 0 Å². The van der Waals surface area contributed by atoms with Gasteiger partial charge in [-0.2, -0.15) is 0 Å². The molecule has 1 aliphatic rings. The van der Waals surface area contributed by atoms with Gasteiger partial charge in [-0.15, -0.1) is 0 Å². The molecule has 0 aromatic heterocycles. The SMILES string of the molecule is CC(=O)OCC1OC(c2cccc(CO)c2)[C@H](OC(C)=O)C(OC(C)=O)[C@@H]1OC(C)=O. The summed E-state index contributed by atoms with van der Waals surface area (Å²) in [6.45, 7) is 4.17. The third kappa shape index (κ3) is 6.76. The molecule has 5 atom stereocenters. The normalized spacial score (nSPS) is 25.3. The first-order valence-electron chi connectivity index (χ1n) is 9.62. The average molecular weight is 438 g/mol. The Balaban J connectivity index is 2.54. The van der Waals surface area contributed by atoms with Crippen LogP contribution in [0.1, 0.15) is 44.9 Å². The fourth-order valence-corrected chi connectivity index (χ4v) is 3.37. The molecule has 1 fully saturated rings.